The predicted molar refractivity (Wildman–Crippen MR) is 168 cm³/mol. The van der Waals surface area contributed by atoms with E-state index in [2.05, 4.69) is 43.7 Å². The molecule has 0 unspecified atom stereocenters. The van der Waals surface area contributed by atoms with Gasteiger partial charge in [-0.05, 0) is 72.8 Å². The number of nitrogens with one attached hydrogen (secondary N) is 2. The molecule has 0 bridgehead atoms. The molecule has 0 aliphatic carbocycles. The van der Waals surface area contributed by atoms with Crippen molar-refractivity contribution in [1.82, 2.24) is 25.6 Å². The Bertz CT molecular complexity index is 1700. The summed E-state index contributed by atoms with van der Waals surface area (Å²) in [6.45, 7) is 3.22. The van der Waals surface area contributed by atoms with Crippen molar-refractivity contribution in [3.8, 4) is 22.8 Å². The minimum absolute atomic E-state index is 0.343. The van der Waals surface area contributed by atoms with Crippen molar-refractivity contribution in [2.24, 2.45) is 5.92 Å². The molecule has 11 heteroatoms. The molecule has 2 aliphatic heterocycles. The van der Waals surface area contributed by atoms with Crippen LogP contribution in [0.2, 0.25) is 0 Å². The van der Waals surface area contributed by atoms with E-state index >= 15 is 0 Å². The summed E-state index contributed by atoms with van der Waals surface area (Å²) in [7, 11) is 3.30. The van der Waals surface area contributed by atoms with Crippen LogP contribution in [0.5, 0.6) is 11.5 Å². The Hall–Kier alpha value is -4.48. The highest BCUT2D eigenvalue weighted by atomic mass is 32.2. The number of fused-ring (bicyclic) bond motifs is 1. The van der Waals surface area contributed by atoms with Crippen molar-refractivity contribution in [3.63, 3.8) is 0 Å². The molecule has 2 N–H and O–H groups in total. The number of rotatable bonds is 9. The number of anilines is 1. The number of benzene rings is 2. The molecule has 0 radical (unpaired) electrons. The number of ether oxygens (including phenoxy) is 2. The Morgan fingerprint density at radius 2 is 1.88 bits per heavy atom. The highest BCUT2D eigenvalue weighted by Gasteiger charge is 2.26. The normalized spacial score (nSPS) is 16.6. The number of imide groups is 1. The maximum atomic E-state index is 11.9. The van der Waals surface area contributed by atoms with Crippen molar-refractivity contribution in [3.05, 3.63) is 77.1 Å². The lowest BCUT2D eigenvalue weighted by Gasteiger charge is -2.32. The van der Waals surface area contributed by atoms with E-state index in [1.54, 1.807) is 32.6 Å². The fourth-order valence-corrected chi connectivity index (χ4v) is 6.10. The van der Waals surface area contributed by atoms with Gasteiger partial charge >= 0.3 is 0 Å². The number of carbonyl (C=O) groups excluding carboxylic acids is 2. The molecule has 220 valence electrons. The summed E-state index contributed by atoms with van der Waals surface area (Å²) in [5, 5.41) is 7.83. The van der Waals surface area contributed by atoms with Crippen molar-refractivity contribution >= 4 is 45.7 Å². The Morgan fingerprint density at radius 1 is 1.05 bits per heavy atom. The maximum Gasteiger partial charge on any atom is 0.290 e. The van der Waals surface area contributed by atoms with E-state index in [9.17, 15) is 9.59 Å². The molecule has 4 aromatic rings. The monoisotopic (exact) mass is 596 g/mol. The van der Waals surface area contributed by atoms with Gasteiger partial charge < -0.3 is 19.7 Å². The van der Waals surface area contributed by atoms with Gasteiger partial charge in [0.1, 0.15) is 11.5 Å². The van der Waals surface area contributed by atoms with E-state index in [-0.39, 0.29) is 11.1 Å². The first kappa shape index (κ1) is 28.6. The van der Waals surface area contributed by atoms with E-state index in [1.165, 1.54) is 0 Å². The number of carbonyl (C=O) groups is 2. The van der Waals surface area contributed by atoms with E-state index < -0.39 is 0 Å². The molecule has 2 saturated heterocycles. The van der Waals surface area contributed by atoms with Gasteiger partial charge in [-0.3, -0.25) is 19.9 Å². The van der Waals surface area contributed by atoms with Gasteiger partial charge in [0.25, 0.3) is 11.1 Å². The molecular formula is C32H32N6O4S. The topological polar surface area (TPSA) is 119 Å². The van der Waals surface area contributed by atoms with Crippen LogP contribution in [0.1, 0.15) is 24.2 Å². The van der Waals surface area contributed by atoms with Crippen LogP contribution in [0.4, 0.5) is 10.7 Å². The summed E-state index contributed by atoms with van der Waals surface area (Å²) in [6, 6.07) is 18.0. The van der Waals surface area contributed by atoms with Crippen LogP contribution in [0.15, 0.2) is 65.7 Å². The smallest absolute Gasteiger partial charge is 0.290 e. The van der Waals surface area contributed by atoms with Crippen LogP contribution in [-0.2, 0) is 11.3 Å². The highest BCUT2D eigenvalue weighted by Crippen LogP contribution is 2.34. The second kappa shape index (κ2) is 12.8. The summed E-state index contributed by atoms with van der Waals surface area (Å²) in [4.78, 5) is 40.0. The molecule has 6 rings (SSSR count). The molecule has 2 aromatic heterocycles. The Balaban J connectivity index is 1.09. The van der Waals surface area contributed by atoms with Gasteiger partial charge in [-0.15, -0.1) is 0 Å². The van der Waals surface area contributed by atoms with Gasteiger partial charge in [0.05, 0.1) is 36.2 Å². The number of methoxy groups -OCH3 is 2. The number of hydrogen-bond acceptors (Lipinski definition) is 10. The van der Waals surface area contributed by atoms with Gasteiger partial charge in [0.2, 0.25) is 5.95 Å². The number of thioether (sulfide) groups is 1. The average Bonchev–Trinajstić information content (AvgIpc) is 3.36. The first-order chi connectivity index (χ1) is 21.0. The van der Waals surface area contributed by atoms with Gasteiger partial charge in [0.15, 0.2) is 0 Å². The van der Waals surface area contributed by atoms with E-state index in [0.717, 1.165) is 83.5 Å². The Labute approximate surface area is 253 Å². The largest absolute Gasteiger partial charge is 0.497 e. The van der Waals surface area contributed by atoms with Gasteiger partial charge in [-0.1, -0.05) is 24.3 Å². The third-order valence-electron chi connectivity index (χ3n) is 7.71. The third kappa shape index (κ3) is 6.47. The zero-order valence-corrected chi connectivity index (χ0v) is 24.8. The van der Waals surface area contributed by atoms with Crippen LogP contribution in [0.3, 0.4) is 0 Å². The van der Waals surface area contributed by atoms with E-state index in [4.69, 9.17) is 14.5 Å². The first-order valence-corrected chi connectivity index (χ1v) is 15.0. The van der Waals surface area contributed by atoms with E-state index in [1.807, 2.05) is 30.3 Å². The van der Waals surface area contributed by atoms with Crippen LogP contribution in [-0.4, -0.2) is 60.0 Å². The lowest BCUT2D eigenvalue weighted by atomic mass is 9.97. The molecule has 10 nitrogen and oxygen atoms in total. The SMILES string of the molecule is COc1ccc(-c2cc3ccccc3c(CNCC3CCN(c4nccc(/C=C5/SC(=O)NC5=O)n4)CC3)n2)c(OC)c1. The summed E-state index contributed by atoms with van der Waals surface area (Å²) in [6.07, 6.45) is 5.33. The number of aromatic nitrogens is 3. The minimum Gasteiger partial charge on any atom is -0.497 e. The lowest BCUT2D eigenvalue weighted by Crippen LogP contribution is -2.38. The van der Waals surface area contributed by atoms with Crippen molar-refractivity contribution in [1.29, 1.82) is 0 Å². The predicted octanol–water partition coefficient (Wildman–Crippen LogP) is 5.04. The summed E-state index contributed by atoms with van der Waals surface area (Å²) < 4.78 is 11.0. The molecule has 43 heavy (non-hydrogen) atoms. The number of amides is 2. The molecule has 0 saturated carbocycles. The molecule has 2 aliphatic rings. The summed E-state index contributed by atoms with van der Waals surface area (Å²) >= 11 is 0.885. The van der Waals surface area contributed by atoms with Gasteiger partial charge in [-0.25, -0.2) is 9.97 Å². The molecule has 0 spiro atoms. The second-order valence-corrected chi connectivity index (χ2v) is 11.5. The maximum absolute atomic E-state index is 11.9. The number of piperidine rings is 1. The fraction of sp³-hybridized carbons (Fsp3) is 0.281. The second-order valence-electron chi connectivity index (χ2n) is 10.4. The van der Waals surface area contributed by atoms with Crippen LogP contribution in [0, 0.1) is 5.92 Å². The van der Waals surface area contributed by atoms with Crippen LogP contribution < -0.4 is 25.0 Å². The molecule has 2 aromatic carbocycles. The molecule has 2 amide bonds. The highest BCUT2D eigenvalue weighted by molar-refractivity contribution is 8.18. The zero-order valence-electron chi connectivity index (χ0n) is 24.0. The van der Waals surface area contributed by atoms with Crippen molar-refractivity contribution in [2.75, 3.05) is 38.8 Å². The number of pyridine rings is 1. The Kier molecular flexibility index (Phi) is 8.52. The molecule has 0 atom stereocenters. The van der Waals surface area contributed by atoms with Crippen molar-refractivity contribution in [2.45, 2.75) is 19.4 Å². The van der Waals surface area contributed by atoms with Gasteiger partial charge in [0, 0.05) is 42.8 Å². The fourth-order valence-electron chi connectivity index (χ4n) is 5.44. The van der Waals surface area contributed by atoms with Crippen LogP contribution in [0.25, 0.3) is 28.1 Å². The lowest BCUT2D eigenvalue weighted by molar-refractivity contribution is -0.115. The standard InChI is InChI=1S/C32H32N6O4S/c1-41-23-7-8-25(28(17-23)42-2)26-15-21-5-3-4-6-24(21)27(36-26)19-33-18-20-10-13-38(14-11-20)31-34-12-9-22(35-31)16-29-30(39)37-32(40)43-29/h3-9,12,15-17,20,33H,10-11,13-14,18-19H2,1-2H3,(H,37,39,40)/b29-16+. The minimum atomic E-state index is -0.390. The molecule has 4 heterocycles. The van der Waals surface area contributed by atoms with Gasteiger partial charge in [-0.2, -0.15) is 0 Å². The quantitative estimate of drug-likeness (QED) is 0.255. The van der Waals surface area contributed by atoms with Crippen LogP contribution >= 0.6 is 11.8 Å². The third-order valence-corrected chi connectivity index (χ3v) is 8.52. The molecule has 2 fully saturated rings. The molecular weight excluding hydrogens is 564 g/mol. The zero-order chi connectivity index (χ0) is 29.8. The van der Waals surface area contributed by atoms with Crippen molar-refractivity contribution < 1.29 is 19.1 Å². The Morgan fingerprint density at radius 3 is 2.65 bits per heavy atom. The number of nitrogens with zero attached hydrogens (tertiary/aromatic N) is 4. The first-order valence-electron chi connectivity index (χ1n) is 14.2. The summed E-state index contributed by atoms with van der Waals surface area (Å²) in [5.74, 6) is 2.22. The van der Waals surface area contributed by atoms with E-state index in [0.29, 0.717) is 29.0 Å². The average molecular weight is 597 g/mol. The summed E-state index contributed by atoms with van der Waals surface area (Å²) in [5.41, 5.74) is 3.39. The number of hydrogen-bond donors (Lipinski definition) is 2.